The van der Waals surface area contributed by atoms with E-state index >= 15 is 0 Å². The maximum atomic E-state index is 12.6. The molecule has 2 aromatic heterocycles. The number of anilines is 2. The summed E-state index contributed by atoms with van der Waals surface area (Å²) in [4.78, 5) is 21.0. The average Bonchev–Trinajstić information content (AvgIpc) is 2.60. The quantitative estimate of drug-likeness (QED) is 0.682. The number of aryl methyl sites for hydroxylation is 1. The van der Waals surface area contributed by atoms with Gasteiger partial charge in [0.2, 0.25) is 0 Å². The number of nitrogens with two attached hydrogens (primary N) is 1. The van der Waals surface area contributed by atoms with E-state index in [9.17, 15) is 4.79 Å². The molecule has 0 spiro atoms. The number of benzene rings is 1. The molecule has 0 unspecified atom stereocenters. The van der Waals surface area contributed by atoms with Gasteiger partial charge in [-0.05, 0) is 54.4 Å². The van der Waals surface area contributed by atoms with Crippen LogP contribution < -0.4 is 11.1 Å². The highest BCUT2D eigenvalue weighted by atomic mass is 32.2. The van der Waals surface area contributed by atoms with Crippen LogP contribution >= 0.6 is 11.8 Å². The Hall–Kier alpha value is -2.86. The Labute approximate surface area is 150 Å². The summed E-state index contributed by atoms with van der Waals surface area (Å²) < 4.78 is 0. The van der Waals surface area contributed by atoms with Gasteiger partial charge >= 0.3 is 0 Å². The third kappa shape index (κ3) is 4.58. The van der Waals surface area contributed by atoms with Gasteiger partial charge in [0.05, 0.1) is 5.56 Å². The summed E-state index contributed by atoms with van der Waals surface area (Å²) in [5.41, 5.74) is 9.15. The maximum Gasteiger partial charge on any atom is 0.258 e. The summed E-state index contributed by atoms with van der Waals surface area (Å²) in [5.74, 6) is 0.973. The molecule has 126 valence electrons. The molecule has 3 rings (SSSR count). The monoisotopic (exact) mass is 350 g/mol. The molecule has 0 fully saturated rings. The van der Waals surface area contributed by atoms with Crippen LogP contribution in [0.1, 0.15) is 21.5 Å². The van der Waals surface area contributed by atoms with Crippen molar-refractivity contribution in [2.75, 3.05) is 11.1 Å². The van der Waals surface area contributed by atoms with Gasteiger partial charge in [0.1, 0.15) is 10.8 Å². The van der Waals surface area contributed by atoms with Crippen molar-refractivity contribution >= 4 is 29.2 Å². The first kappa shape index (κ1) is 17.0. The standard InChI is InChI=1S/C19H18N4OS/c1-13-4-2-5-15(10-13)23-18(24)16-6-3-8-22-19(16)25-12-14-7-9-21-17(20)11-14/h2-11H,12H2,1H3,(H2,20,21)(H,23,24). The summed E-state index contributed by atoms with van der Waals surface area (Å²) in [6.07, 6.45) is 3.36. The number of carbonyl (C=O) groups excluding carboxylic acids is 1. The lowest BCUT2D eigenvalue weighted by Crippen LogP contribution is -2.13. The zero-order valence-electron chi connectivity index (χ0n) is 13.8. The lowest BCUT2D eigenvalue weighted by atomic mass is 10.2. The fraction of sp³-hybridized carbons (Fsp3) is 0.105. The summed E-state index contributed by atoms with van der Waals surface area (Å²) in [5, 5.41) is 3.61. The molecule has 5 nitrogen and oxygen atoms in total. The van der Waals surface area contributed by atoms with E-state index in [1.54, 1.807) is 24.5 Å². The van der Waals surface area contributed by atoms with Crippen molar-refractivity contribution in [3.8, 4) is 0 Å². The molecule has 0 saturated heterocycles. The van der Waals surface area contributed by atoms with Crippen molar-refractivity contribution in [1.29, 1.82) is 0 Å². The lowest BCUT2D eigenvalue weighted by Gasteiger charge is -2.10. The van der Waals surface area contributed by atoms with Gasteiger partial charge < -0.3 is 11.1 Å². The number of thioether (sulfide) groups is 1. The molecule has 0 aliphatic rings. The summed E-state index contributed by atoms with van der Waals surface area (Å²) in [6.45, 7) is 1.99. The average molecular weight is 350 g/mol. The number of amides is 1. The Morgan fingerprint density at radius 1 is 1.12 bits per heavy atom. The SMILES string of the molecule is Cc1cccc(NC(=O)c2cccnc2SCc2ccnc(N)c2)c1. The van der Waals surface area contributed by atoms with E-state index in [1.165, 1.54) is 11.8 Å². The molecule has 3 N–H and O–H groups in total. The lowest BCUT2D eigenvalue weighted by molar-refractivity contribution is 0.102. The third-order valence-electron chi connectivity index (χ3n) is 3.51. The number of aromatic nitrogens is 2. The van der Waals surface area contributed by atoms with E-state index in [0.717, 1.165) is 16.8 Å². The topological polar surface area (TPSA) is 80.9 Å². The first-order valence-electron chi connectivity index (χ1n) is 7.78. The number of nitrogens with one attached hydrogen (secondary N) is 1. The van der Waals surface area contributed by atoms with Crippen LogP contribution in [0.4, 0.5) is 11.5 Å². The van der Waals surface area contributed by atoms with Gasteiger partial charge in [0.15, 0.2) is 0 Å². The number of carbonyl (C=O) groups is 1. The molecular formula is C19H18N4OS. The van der Waals surface area contributed by atoms with Gasteiger partial charge in [0.25, 0.3) is 5.91 Å². The fourth-order valence-electron chi connectivity index (χ4n) is 2.34. The van der Waals surface area contributed by atoms with Crippen molar-refractivity contribution < 1.29 is 4.79 Å². The summed E-state index contributed by atoms with van der Waals surface area (Å²) in [6, 6.07) is 15.0. The smallest absolute Gasteiger partial charge is 0.258 e. The Kier molecular flexibility index (Phi) is 5.30. The first-order valence-corrected chi connectivity index (χ1v) is 8.76. The molecule has 1 amide bonds. The van der Waals surface area contributed by atoms with Crippen LogP contribution in [-0.2, 0) is 5.75 Å². The number of pyridine rings is 2. The minimum absolute atomic E-state index is 0.171. The highest BCUT2D eigenvalue weighted by Gasteiger charge is 2.13. The van der Waals surface area contributed by atoms with Gasteiger partial charge in [-0.1, -0.05) is 12.1 Å². The molecule has 0 aliphatic heterocycles. The van der Waals surface area contributed by atoms with Gasteiger partial charge in [-0.15, -0.1) is 11.8 Å². The number of rotatable bonds is 5. The molecule has 6 heteroatoms. The highest BCUT2D eigenvalue weighted by molar-refractivity contribution is 7.98. The van der Waals surface area contributed by atoms with E-state index in [2.05, 4.69) is 15.3 Å². The number of nitrogens with zero attached hydrogens (tertiary/aromatic N) is 2. The van der Waals surface area contributed by atoms with Gasteiger partial charge in [-0.2, -0.15) is 0 Å². The molecule has 1 aromatic carbocycles. The minimum atomic E-state index is -0.171. The zero-order valence-corrected chi connectivity index (χ0v) is 14.6. The second-order valence-electron chi connectivity index (χ2n) is 5.56. The van der Waals surface area contributed by atoms with Crippen molar-refractivity contribution in [1.82, 2.24) is 9.97 Å². The Morgan fingerprint density at radius 2 is 2.00 bits per heavy atom. The van der Waals surface area contributed by atoms with Gasteiger partial charge in [0, 0.05) is 23.8 Å². The van der Waals surface area contributed by atoms with Gasteiger partial charge in [-0.25, -0.2) is 9.97 Å². The van der Waals surface area contributed by atoms with Crippen LogP contribution in [0.25, 0.3) is 0 Å². The predicted molar refractivity (Wildman–Crippen MR) is 102 cm³/mol. The van der Waals surface area contributed by atoms with E-state index in [4.69, 9.17) is 5.73 Å². The second kappa shape index (κ2) is 7.81. The van der Waals surface area contributed by atoms with E-state index in [0.29, 0.717) is 22.2 Å². The molecule has 0 atom stereocenters. The Bertz CT molecular complexity index is 898. The van der Waals surface area contributed by atoms with E-state index < -0.39 is 0 Å². The van der Waals surface area contributed by atoms with Crippen LogP contribution in [0.15, 0.2) is 66.0 Å². The minimum Gasteiger partial charge on any atom is -0.384 e. The summed E-state index contributed by atoms with van der Waals surface area (Å²) >= 11 is 1.50. The maximum absolute atomic E-state index is 12.6. The molecule has 0 aliphatic carbocycles. The fourth-order valence-corrected chi connectivity index (χ4v) is 3.27. The van der Waals surface area contributed by atoms with Crippen molar-refractivity contribution in [2.24, 2.45) is 0 Å². The first-order chi connectivity index (χ1) is 12.1. The molecule has 25 heavy (non-hydrogen) atoms. The summed E-state index contributed by atoms with van der Waals surface area (Å²) in [7, 11) is 0. The van der Waals surface area contributed by atoms with Crippen molar-refractivity contribution in [2.45, 2.75) is 17.7 Å². The van der Waals surface area contributed by atoms with Gasteiger partial charge in [-0.3, -0.25) is 4.79 Å². The molecule has 0 bridgehead atoms. The predicted octanol–water partition coefficient (Wildman–Crippen LogP) is 3.91. The molecule has 2 heterocycles. The van der Waals surface area contributed by atoms with Crippen molar-refractivity contribution in [3.05, 3.63) is 77.6 Å². The Morgan fingerprint density at radius 3 is 2.80 bits per heavy atom. The Balaban J connectivity index is 1.75. The number of hydrogen-bond acceptors (Lipinski definition) is 5. The van der Waals surface area contributed by atoms with Crippen LogP contribution in [0.3, 0.4) is 0 Å². The number of hydrogen-bond donors (Lipinski definition) is 2. The molecule has 3 aromatic rings. The number of nitrogen functional groups attached to an aromatic ring is 1. The molecule has 0 radical (unpaired) electrons. The highest BCUT2D eigenvalue weighted by Crippen LogP contribution is 2.25. The zero-order chi connectivity index (χ0) is 17.6. The second-order valence-corrected chi connectivity index (χ2v) is 6.52. The van der Waals surface area contributed by atoms with Crippen LogP contribution in [0.5, 0.6) is 0 Å². The van der Waals surface area contributed by atoms with Crippen LogP contribution in [0, 0.1) is 6.92 Å². The van der Waals surface area contributed by atoms with Crippen LogP contribution in [0.2, 0.25) is 0 Å². The van der Waals surface area contributed by atoms with Crippen molar-refractivity contribution in [3.63, 3.8) is 0 Å². The molecular weight excluding hydrogens is 332 g/mol. The largest absolute Gasteiger partial charge is 0.384 e. The third-order valence-corrected chi connectivity index (χ3v) is 4.59. The van der Waals surface area contributed by atoms with E-state index in [1.807, 2.05) is 43.3 Å². The normalized spacial score (nSPS) is 10.4. The van der Waals surface area contributed by atoms with E-state index in [-0.39, 0.29) is 5.91 Å². The molecule has 0 saturated carbocycles. The van der Waals surface area contributed by atoms with Crippen LogP contribution in [-0.4, -0.2) is 15.9 Å².